The molecule has 1 N–H and O–H groups in total. The van der Waals surface area contributed by atoms with Crippen molar-refractivity contribution in [2.24, 2.45) is 0 Å². The van der Waals surface area contributed by atoms with E-state index < -0.39 is 10.8 Å². The Bertz CT molecular complexity index is 210. The first-order valence-corrected chi connectivity index (χ1v) is 6.40. The lowest BCUT2D eigenvalue weighted by Gasteiger charge is -2.39. The fourth-order valence-electron chi connectivity index (χ4n) is 2.07. The van der Waals surface area contributed by atoms with E-state index in [0.29, 0.717) is 18.7 Å². The number of hydrogen-bond donors (Lipinski definition) is 1. The summed E-state index contributed by atoms with van der Waals surface area (Å²) in [5.41, 5.74) is 0. The van der Waals surface area contributed by atoms with Crippen LogP contribution in [0.25, 0.3) is 0 Å². The van der Waals surface area contributed by atoms with E-state index in [1.807, 2.05) is 0 Å². The molecule has 0 saturated carbocycles. The molecule has 2 heterocycles. The summed E-state index contributed by atoms with van der Waals surface area (Å²) in [5.74, 6) is 0.807. The van der Waals surface area contributed by atoms with Crippen LogP contribution in [0.4, 0.5) is 0 Å². The number of ether oxygens (including phenoxy) is 1. The van der Waals surface area contributed by atoms with Crippen LogP contribution in [-0.2, 0) is 15.5 Å². The van der Waals surface area contributed by atoms with Crippen molar-refractivity contribution in [2.75, 3.05) is 19.0 Å². The van der Waals surface area contributed by atoms with Gasteiger partial charge in [0.1, 0.15) is 0 Å². The molecular formula is C9H17NO2S. The molecular weight excluding hydrogens is 186 g/mol. The minimum atomic E-state index is -0.674. The Balaban J connectivity index is 2.03. The third-order valence-electron chi connectivity index (χ3n) is 2.95. The van der Waals surface area contributed by atoms with E-state index in [2.05, 4.69) is 12.2 Å². The molecule has 0 amide bonds. The van der Waals surface area contributed by atoms with Gasteiger partial charge in [-0.1, -0.05) is 6.92 Å². The molecule has 0 aromatic heterocycles. The van der Waals surface area contributed by atoms with E-state index in [1.165, 1.54) is 0 Å². The van der Waals surface area contributed by atoms with Crippen molar-refractivity contribution in [3.05, 3.63) is 0 Å². The van der Waals surface area contributed by atoms with Gasteiger partial charge in [-0.15, -0.1) is 0 Å². The van der Waals surface area contributed by atoms with E-state index in [4.69, 9.17) is 4.74 Å². The lowest BCUT2D eigenvalue weighted by molar-refractivity contribution is 0.0767. The number of hydrogen-bond acceptors (Lipinski definition) is 3. The SMILES string of the molecule is CCC1CS(=O)C2COCCC2N1. The van der Waals surface area contributed by atoms with Crippen LogP contribution in [0.1, 0.15) is 19.8 Å². The average Bonchev–Trinajstić information content (AvgIpc) is 2.18. The molecule has 2 saturated heterocycles. The molecule has 0 aromatic rings. The Labute approximate surface area is 81.7 Å². The standard InChI is InChI=1S/C9H17NO2S/c1-2-7-6-13(11)9-5-12-4-3-8(9)10-7/h7-10H,2-6H2,1H3. The van der Waals surface area contributed by atoms with Gasteiger partial charge in [-0.3, -0.25) is 4.21 Å². The molecule has 4 atom stereocenters. The first-order valence-electron chi connectivity index (χ1n) is 5.02. The van der Waals surface area contributed by atoms with Crippen LogP contribution in [0.5, 0.6) is 0 Å². The lowest BCUT2D eigenvalue weighted by atomic mass is 10.1. The molecule has 2 fully saturated rings. The van der Waals surface area contributed by atoms with Gasteiger partial charge in [0.15, 0.2) is 0 Å². The molecule has 0 bridgehead atoms. The molecule has 0 radical (unpaired) electrons. The maximum Gasteiger partial charge on any atom is 0.0736 e. The van der Waals surface area contributed by atoms with Crippen molar-refractivity contribution in [1.29, 1.82) is 0 Å². The topological polar surface area (TPSA) is 38.3 Å². The summed E-state index contributed by atoms with van der Waals surface area (Å²) >= 11 is 0. The van der Waals surface area contributed by atoms with Gasteiger partial charge in [0, 0.05) is 35.2 Å². The molecule has 2 aliphatic heterocycles. The van der Waals surface area contributed by atoms with E-state index in [1.54, 1.807) is 0 Å². The first-order chi connectivity index (χ1) is 6.31. The molecule has 2 rings (SSSR count). The molecule has 0 aromatic carbocycles. The summed E-state index contributed by atoms with van der Waals surface area (Å²) in [6.07, 6.45) is 2.10. The minimum Gasteiger partial charge on any atom is -0.380 e. The average molecular weight is 203 g/mol. The maximum atomic E-state index is 11.8. The summed E-state index contributed by atoms with van der Waals surface area (Å²) in [4.78, 5) is 0. The minimum absolute atomic E-state index is 0.247. The highest BCUT2D eigenvalue weighted by molar-refractivity contribution is 7.85. The van der Waals surface area contributed by atoms with Crippen LogP contribution in [0, 0.1) is 0 Å². The van der Waals surface area contributed by atoms with Gasteiger partial charge in [-0.2, -0.15) is 0 Å². The van der Waals surface area contributed by atoms with Gasteiger partial charge in [0.25, 0.3) is 0 Å². The smallest absolute Gasteiger partial charge is 0.0736 e. The predicted molar refractivity (Wildman–Crippen MR) is 53.2 cm³/mol. The zero-order valence-electron chi connectivity index (χ0n) is 7.99. The second-order valence-electron chi connectivity index (χ2n) is 3.83. The molecule has 4 unspecified atom stereocenters. The molecule has 0 spiro atoms. The van der Waals surface area contributed by atoms with E-state index in [0.717, 1.165) is 25.2 Å². The van der Waals surface area contributed by atoms with Crippen molar-refractivity contribution < 1.29 is 8.95 Å². The zero-order chi connectivity index (χ0) is 9.26. The third kappa shape index (κ3) is 1.95. The Hall–Kier alpha value is 0.0700. The largest absolute Gasteiger partial charge is 0.380 e. The van der Waals surface area contributed by atoms with Gasteiger partial charge in [0.05, 0.1) is 11.9 Å². The molecule has 0 aliphatic carbocycles. The molecule has 2 aliphatic rings. The van der Waals surface area contributed by atoms with E-state index in [-0.39, 0.29) is 5.25 Å². The Kier molecular flexibility index (Phi) is 3.01. The van der Waals surface area contributed by atoms with Gasteiger partial charge in [0.2, 0.25) is 0 Å². The van der Waals surface area contributed by atoms with Crippen LogP contribution in [0.3, 0.4) is 0 Å². The van der Waals surface area contributed by atoms with Gasteiger partial charge < -0.3 is 10.1 Å². The lowest BCUT2D eigenvalue weighted by Crippen LogP contribution is -2.58. The highest BCUT2D eigenvalue weighted by Crippen LogP contribution is 2.20. The van der Waals surface area contributed by atoms with Gasteiger partial charge in [-0.25, -0.2) is 0 Å². The van der Waals surface area contributed by atoms with Crippen molar-refractivity contribution in [3.8, 4) is 0 Å². The van der Waals surface area contributed by atoms with Crippen LogP contribution in [0.2, 0.25) is 0 Å². The summed E-state index contributed by atoms with van der Waals surface area (Å²) in [6.45, 7) is 3.65. The van der Waals surface area contributed by atoms with Crippen LogP contribution < -0.4 is 5.32 Å². The van der Waals surface area contributed by atoms with E-state index >= 15 is 0 Å². The van der Waals surface area contributed by atoms with Crippen LogP contribution in [-0.4, -0.2) is 40.5 Å². The third-order valence-corrected chi connectivity index (χ3v) is 4.82. The monoisotopic (exact) mass is 203 g/mol. The quantitative estimate of drug-likeness (QED) is 0.665. The van der Waals surface area contributed by atoms with E-state index in [9.17, 15) is 4.21 Å². The zero-order valence-corrected chi connectivity index (χ0v) is 8.81. The number of rotatable bonds is 1. The van der Waals surface area contributed by atoms with Crippen molar-refractivity contribution in [1.82, 2.24) is 5.32 Å². The molecule has 4 heteroatoms. The van der Waals surface area contributed by atoms with Gasteiger partial charge in [-0.05, 0) is 12.8 Å². The highest BCUT2D eigenvalue weighted by Gasteiger charge is 2.36. The Morgan fingerprint density at radius 2 is 2.46 bits per heavy atom. The van der Waals surface area contributed by atoms with Crippen molar-refractivity contribution in [2.45, 2.75) is 37.1 Å². The Morgan fingerprint density at radius 3 is 3.23 bits per heavy atom. The Morgan fingerprint density at radius 1 is 1.62 bits per heavy atom. The second kappa shape index (κ2) is 4.07. The van der Waals surface area contributed by atoms with Crippen molar-refractivity contribution >= 4 is 10.8 Å². The summed E-state index contributed by atoms with van der Waals surface area (Å²) < 4.78 is 17.1. The summed E-state index contributed by atoms with van der Waals surface area (Å²) in [6, 6.07) is 0.897. The molecule has 13 heavy (non-hydrogen) atoms. The van der Waals surface area contributed by atoms with Crippen LogP contribution >= 0.6 is 0 Å². The highest BCUT2D eigenvalue weighted by atomic mass is 32.2. The first kappa shape index (κ1) is 9.62. The molecule has 3 nitrogen and oxygen atoms in total. The number of fused-ring (bicyclic) bond motifs is 1. The van der Waals surface area contributed by atoms with Crippen LogP contribution in [0.15, 0.2) is 0 Å². The normalized spacial score (nSPS) is 45.6. The number of nitrogens with one attached hydrogen (secondary N) is 1. The maximum absolute atomic E-state index is 11.8. The van der Waals surface area contributed by atoms with Crippen molar-refractivity contribution in [3.63, 3.8) is 0 Å². The predicted octanol–water partition coefficient (Wildman–Crippen LogP) is 0.274. The summed E-state index contributed by atoms with van der Waals surface area (Å²) in [7, 11) is -0.674. The summed E-state index contributed by atoms with van der Waals surface area (Å²) in [5, 5.41) is 3.81. The fourth-order valence-corrected chi connectivity index (χ4v) is 3.87. The second-order valence-corrected chi connectivity index (χ2v) is 5.53. The molecule has 76 valence electrons. The van der Waals surface area contributed by atoms with Gasteiger partial charge >= 0.3 is 0 Å². The fraction of sp³-hybridized carbons (Fsp3) is 1.00.